The van der Waals surface area contributed by atoms with Crippen molar-refractivity contribution in [1.29, 1.82) is 5.26 Å². The van der Waals surface area contributed by atoms with Crippen LogP contribution in [0.25, 0.3) is 0 Å². The SMILES string of the molecule is COc1cc(OC)c(NC(=O)C(C)C#N)cc1Cl. The maximum absolute atomic E-state index is 11.6. The second-order valence-corrected chi connectivity index (χ2v) is 3.93. The molecule has 5 nitrogen and oxygen atoms in total. The van der Waals surface area contributed by atoms with Crippen molar-refractivity contribution in [1.82, 2.24) is 0 Å². The minimum Gasteiger partial charge on any atom is -0.495 e. The van der Waals surface area contributed by atoms with Crippen molar-refractivity contribution in [2.45, 2.75) is 6.92 Å². The largest absolute Gasteiger partial charge is 0.495 e. The number of hydrogen-bond acceptors (Lipinski definition) is 4. The number of methoxy groups -OCH3 is 2. The third kappa shape index (κ3) is 3.05. The molecule has 0 saturated heterocycles. The van der Waals surface area contributed by atoms with Crippen molar-refractivity contribution in [3.05, 3.63) is 17.2 Å². The van der Waals surface area contributed by atoms with Gasteiger partial charge >= 0.3 is 0 Å². The number of halogens is 1. The number of carbonyl (C=O) groups excluding carboxylic acids is 1. The zero-order valence-corrected chi connectivity index (χ0v) is 11.0. The van der Waals surface area contributed by atoms with E-state index in [9.17, 15) is 4.79 Å². The normalized spacial score (nSPS) is 11.3. The van der Waals surface area contributed by atoms with E-state index in [1.807, 2.05) is 6.07 Å². The lowest BCUT2D eigenvalue weighted by Crippen LogP contribution is -2.19. The van der Waals surface area contributed by atoms with Gasteiger partial charge in [-0.3, -0.25) is 4.79 Å². The summed E-state index contributed by atoms with van der Waals surface area (Å²) in [5, 5.41) is 11.6. The minimum absolute atomic E-state index is 0.346. The van der Waals surface area contributed by atoms with E-state index in [0.29, 0.717) is 22.2 Å². The lowest BCUT2D eigenvalue weighted by Gasteiger charge is -2.13. The molecule has 0 spiro atoms. The molecule has 1 rings (SSSR count). The molecular weight excluding hydrogens is 256 g/mol. The number of rotatable bonds is 4. The average Bonchev–Trinajstić information content (AvgIpc) is 2.38. The molecule has 18 heavy (non-hydrogen) atoms. The summed E-state index contributed by atoms with van der Waals surface area (Å²) in [6.45, 7) is 1.51. The highest BCUT2D eigenvalue weighted by Gasteiger charge is 2.16. The Morgan fingerprint density at radius 1 is 1.39 bits per heavy atom. The quantitative estimate of drug-likeness (QED) is 0.910. The number of carbonyl (C=O) groups is 1. The van der Waals surface area contributed by atoms with Crippen molar-refractivity contribution < 1.29 is 14.3 Å². The van der Waals surface area contributed by atoms with Crippen molar-refractivity contribution >= 4 is 23.2 Å². The molecule has 1 atom stereocenters. The molecule has 0 fully saturated rings. The van der Waals surface area contributed by atoms with Crippen LogP contribution in [0, 0.1) is 17.2 Å². The van der Waals surface area contributed by atoms with Crippen LogP contribution in [0.2, 0.25) is 5.02 Å². The van der Waals surface area contributed by atoms with E-state index in [0.717, 1.165) is 0 Å². The summed E-state index contributed by atoms with van der Waals surface area (Å²) in [6.07, 6.45) is 0. The van der Waals surface area contributed by atoms with Crippen molar-refractivity contribution in [3.8, 4) is 17.6 Å². The molecule has 0 radical (unpaired) electrons. The molecule has 6 heteroatoms. The van der Waals surface area contributed by atoms with Crippen molar-refractivity contribution in [3.63, 3.8) is 0 Å². The van der Waals surface area contributed by atoms with E-state index in [1.165, 1.54) is 27.2 Å². The Morgan fingerprint density at radius 2 is 2.00 bits per heavy atom. The smallest absolute Gasteiger partial charge is 0.241 e. The first-order valence-corrected chi connectivity index (χ1v) is 5.53. The summed E-state index contributed by atoms with van der Waals surface area (Å²) in [5.74, 6) is -0.317. The van der Waals surface area contributed by atoms with Crippen LogP contribution in [0.4, 0.5) is 5.69 Å². The van der Waals surface area contributed by atoms with Crippen LogP contribution in [-0.2, 0) is 4.79 Å². The number of nitrogens with zero attached hydrogens (tertiary/aromatic N) is 1. The topological polar surface area (TPSA) is 71.3 Å². The standard InChI is InChI=1S/C12H13ClN2O3/c1-7(6-14)12(16)15-9-4-8(13)10(17-2)5-11(9)18-3/h4-5,7H,1-3H3,(H,15,16). The Labute approximate surface area is 110 Å². The summed E-state index contributed by atoms with van der Waals surface area (Å²) >= 11 is 5.96. The maximum Gasteiger partial charge on any atom is 0.241 e. The molecule has 1 amide bonds. The van der Waals surface area contributed by atoms with Gasteiger partial charge in [-0.15, -0.1) is 0 Å². The number of ether oxygens (including phenoxy) is 2. The van der Waals surface area contributed by atoms with Crippen LogP contribution in [0.15, 0.2) is 12.1 Å². The molecule has 1 aromatic carbocycles. The molecule has 1 aromatic rings. The van der Waals surface area contributed by atoms with E-state index >= 15 is 0 Å². The predicted octanol–water partition coefficient (Wildman–Crippen LogP) is 2.46. The number of nitrogens with one attached hydrogen (secondary N) is 1. The fourth-order valence-electron chi connectivity index (χ4n) is 1.26. The van der Waals surface area contributed by atoms with Gasteiger partial charge in [-0.25, -0.2) is 0 Å². The van der Waals surface area contributed by atoms with Crippen LogP contribution in [0.3, 0.4) is 0 Å². The molecule has 0 aromatic heterocycles. The van der Waals surface area contributed by atoms with Gasteiger partial charge in [0.15, 0.2) is 0 Å². The third-order valence-corrected chi connectivity index (χ3v) is 2.61. The van der Waals surface area contributed by atoms with Gasteiger partial charge in [-0.2, -0.15) is 5.26 Å². The van der Waals surface area contributed by atoms with Gasteiger partial charge in [0.1, 0.15) is 17.4 Å². The average molecular weight is 269 g/mol. The number of hydrogen-bond donors (Lipinski definition) is 1. The summed E-state index contributed by atoms with van der Waals surface area (Å²) < 4.78 is 10.2. The fraction of sp³-hybridized carbons (Fsp3) is 0.333. The lowest BCUT2D eigenvalue weighted by molar-refractivity contribution is -0.117. The highest BCUT2D eigenvalue weighted by Crippen LogP contribution is 2.35. The molecule has 0 bridgehead atoms. The van der Waals surface area contributed by atoms with Crippen molar-refractivity contribution in [2.24, 2.45) is 5.92 Å². The molecule has 0 aliphatic rings. The Bertz CT molecular complexity index is 497. The number of benzene rings is 1. The maximum atomic E-state index is 11.6. The molecule has 0 aliphatic carbocycles. The lowest BCUT2D eigenvalue weighted by atomic mass is 10.2. The molecule has 1 N–H and O–H groups in total. The van der Waals surface area contributed by atoms with E-state index in [2.05, 4.69) is 5.32 Å². The monoisotopic (exact) mass is 268 g/mol. The fourth-order valence-corrected chi connectivity index (χ4v) is 1.50. The van der Waals surface area contributed by atoms with Gasteiger partial charge in [0.2, 0.25) is 5.91 Å². The Hall–Kier alpha value is -1.93. The van der Waals surface area contributed by atoms with E-state index in [4.69, 9.17) is 26.3 Å². The molecule has 1 unspecified atom stereocenters. The molecule has 0 saturated carbocycles. The first kappa shape index (κ1) is 14.1. The van der Waals surface area contributed by atoms with Gasteiger partial charge in [0, 0.05) is 6.07 Å². The number of nitriles is 1. The zero-order chi connectivity index (χ0) is 13.7. The van der Waals surface area contributed by atoms with Crippen molar-refractivity contribution in [2.75, 3.05) is 19.5 Å². The Morgan fingerprint density at radius 3 is 2.50 bits per heavy atom. The second-order valence-electron chi connectivity index (χ2n) is 3.53. The predicted molar refractivity (Wildman–Crippen MR) is 68.0 cm³/mol. The molecular formula is C12H13ClN2O3. The van der Waals surface area contributed by atoms with Gasteiger partial charge in [0.25, 0.3) is 0 Å². The summed E-state index contributed by atoms with van der Waals surface area (Å²) in [7, 11) is 2.95. The summed E-state index contributed by atoms with van der Waals surface area (Å²) in [4.78, 5) is 11.6. The van der Waals surface area contributed by atoms with Crippen LogP contribution in [-0.4, -0.2) is 20.1 Å². The van der Waals surface area contributed by atoms with Crippen LogP contribution in [0.1, 0.15) is 6.92 Å². The number of anilines is 1. The first-order chi connectivity index (χ1) is 8.53. The first-order valence-electron chi connectivity index (χ1n) is 5.15. The van der Waals surface area contributed by atoms with Gasteiger partial charge in [-0.1, -0.05) is 11.6 Å². The van der Waals surface area contributed by atoms with E-state index in [-0.39, 0.29) is 0 Å². The Balaban J connectivity index is 3.06. The van der Waals surface area contributed by atoms with E-state index in [1.54, 1.807) is 6.07 Å². The van der Waals surface area contributed by atoms with E-state index < -0.39 is 11.8 Å². The Kier molecular flexibility index (Phi) is 4.81. The molecule has 96 valence electrons. The van der Waals surface area contributed by atoms with Gasteiger partial charge < -0.3 is 14.8 Å². The van der Waals surface area contributed by atoms with Crippen LogP contribution in [0.5, 0.6) is 11.5 Å². The van der Waals surface area contributed by atoms with Crippen LogP contribution < -0.4 is 14.8 Å². The zero-order valence-electron chi connectivity index (χ0n) is 10.3. The highest BCUT2D eigenvalue weighted by atomic mass is 35.5. The van der Waals surface area contributed by atoms with Crippen LogP contribution >= 0.6 is 11.6 Å². The van der Waals surface area contributed by atoms with Gasteiger partial charge in [-0.05, 0) is 13.0 Å². The highest BCUT2D eigenvalue weighted by molar-refractivity contribution is 6.32. The second kappa shape index (κ2) is 6.12. The third-order valence-electron chi connectivity index (χ3n) is 2.32. The van der Waals surface area contributed by atoms with Gasteiger partial charge in [0.05, 0.1) is 31.0 Å². The molecule has 0 aliphatic heterocycles. The summed E-state index contributed by atoms with van der Waals surface area (Å²) in [6, 6.07) is 4.93. The summed E-state index contributed by atoms with van der Waals surface area (Å²) in [5.41, 5.74) is 0.399. The minimum atomic E-state index is -0.754. The molecule has 0 heterocycles. The number of amides is 1.